The summed E-state index contributed by atoms with van der Waals surface area (Å²) in [6, 6.07) is 15.0. The standard InChI is InChI=1S/C20H19NO4/c22-19(23)8-7-15-3-1-4-16(13-15)17-5-2-6-18(14-17)20(24)21-9-11-25-12-10-21/h1-8,13-14H,9-12H2,(H,22,23)/b8-7+. The van der Waals surface area contributed by atoms with E-state index in [9.17, 15) is 9.59 Å². The third kappa shape index (κ3) is 4.33. The molecule has 5 nitrogen and oxygen atoms in total. The van der Waals surface area contributed by atoms with Crippen molar-refractivity contribution in [3.63, 3.8) is 0 Å². The van der Waals surface area contributed by atoms with Gasteiger partial charge in [0.05, 0.1) is 13.2 Å². The minimum Gasteiger partial charge on any atom is -0.478 e. The number of amides is 1. The third-order valence-corrected chi connectivity index (χ3v) is 4.05. The SMILES string of the molecule is O=C(O)/C=C/c1cccc(-c2cccc(C(=O)N3CCOCC3)c2)c1. The molecule has 2 aromatic carbocycles. The lowest BCUT2D eigenvalue weighted by atomic mass is 10.0. The van der Waals surface area contributed by atoms with Gasteiger partial charge < -0.3 is 14.7 Å². The van der Waals surface area contributed by atoms with Gasteiger partial charge in [-0.2, -0.15) is 0 Å². The molecule has 1 saturated heterocycles. The highest BCUT2D eigenvalue weighted by Crippen LogP contribution is 2.23. The third-order valence-electron chi connectivity index (χ3n) is 4.05. The largest absolute Gasteiger partial charge is 0.478 e. The average molecular weight is 337 g/mol. The van der Waals surface area contributed by atoms with Gasteiger partial charge in [0.2, 0.25) is 0 Å². The summed E-state index contributed by atoms with van der Waals surface area (Å²) in [4.78, 5) is 25.1. The molecule has 1 fully saturated rings. The maximum atomic E-state index is 12.6. The summed E-state index contributed by atoms with van der Waals surface area (Å²) in [5.41, 5.74) is 3.30. The van der Waals surface area contributed by atoms with E-state index < -0.39 is 5.97 Å². The number of carboxylic acids is 1. The molecule has 0 aromatic heterocycles. The van der Waals surface area contributed by atoms with Crippen LogP contribution in [0.3, 0.4) is 0 Å². The number of nitrogens with zero attached hydrogens (tertiary/aromatic N) is 1. The zero-order chi connectivity index (χ0) is 17.6. The Kier molecular flexibility index (Phi) is 5.26. The highest BCUT2D eigenvalue weighted by molar-refractivity contribution is 5.95. The Morgan fingerprint density at radius 3 is 2.40 bits per heavy atom. The Balaban J connectivity index is 1.85. The monoisotopic (exact) mass is 337 g/mol. The molecule has 0 radical (unpaired) electrons. The fourth-order valence-electron chi connectivity index (χ4n) is 2.77. The van der Waals surface area contributed by atoms with Gasteiger partial charge in [0.1, 0.15) is 0 Å². The number of ether oxygens (including phenoxy) is 1. The van der Waals surface area contributed by atoms with Gasteiger partial charge in [-0.25, -0.2) is 4.79 Å². The van der Waals surface area contributed by atoms with Crippen molar-refractivity contribution in [2.45, 2.75) is 0 Å². The molecule has 0 saturated carbocycles. The van der Waals surface area contributed by atoms with Crippen LogP contribution in [0.2, 0.25) is 0 Å². The summed E-state index contributed by atoms with van der Waals surface area (Å²) in [5.74, 6) is -0.976. The lowest BCUT2D eigenvalue weighted by Gasteiger charge is -2.27. The van der Waals surface area contributed by atoms with E-state index in [2.05, 4.69) is 0 Å². The zero-order valence-corrected chi connectivity index (χ0v) is 13.7. The first-order valence-corrected chi connectivity index (χ1v) is 8.12. The molecule has 128 valence electrons. The van der Waals surface area contributed by atoms with Crippen LogP contribution in [0.5, 0.6) is 0 Å². The number of carbonyl (C=O) groups excluding carboxylic acids is 1. The van der Waals surface area contributed by atoms with Crippen LogP contribution in [0.4, 0.5) is 0 Å². The van der Waals surface area contributed by atoms with Gasteiger partial charge >= 0.3 is 5.97 Å². The minimum absolute atomic E-state index is 0.00655. The number of hydrogen-bond acceptors (Lipinski definition) is 3. The fourth-order valence-corrected chi connectivity index (χ4v) is 2.77. The first-order valence-electron chi connectivity index (χ1n) is 8.12. The summed E-state index contributed by atoms with van der Waals surface area (Å²) >= 11 is 0. The van der Waals surface area contributed by atoms with E-state index in [1.165, 1.54) is 0 Å². The quantitative estimate of drug-likeness (QED) is 0.871. The molecule has 1 N–H and O–H groups in total. The Bertz CT molecular complexity index is 807. The molecule has 0 bridgehead atoms. The number of benzene rings is 2. The van der Waals surface area contributed by atoms with Crippen LogP contribution < -0.4 is 0 Å². The summed E-state index contributed by atoms with van der Waals surface area (Å²) in [6.45, 7) is 2.36. The van der Waals surface area contributed by atoms with Crippen LogP contribution in [0.15, 0.2) is 54.6 Å². The van der Waals surface area contributed by atoms with Crippen LogP contribution in [0, 0.1) is 0 Å². The molecule has 0 spiro atoms. The molecule has 1 amide bonds. The van der Waals surface area contributed by atoms with Gasteiger partial charge in [0, 0.05) is 24.7 Å². The van der Waals surface area contributed by atoms with Gasteiger partial charge in [-0.05, 0) is 41.0 Å². The summed E-state index contributed by atoms with van der Waals surface area (Å²) in [6.07, 6.45) is 2.66. The maximum absolute atomic E-state index is 12.6. The number of rotatable bonds is 4. The van der Waals surface area contributed by atoms with Crippen LogP contribution >= 0.6 is 0 Å². The maximum Gasteiger partial charge on any atom is 0.328 e. The predicted octanol–water partition coefficient (Wildman–Crippen LogP) is 2.92. The number of morpholine rings is 1. The molecule has 2 aromatic rings. The highest BCUT2D eigenvalue weighted by Gasteiger charge is 2.18. The Morgan fingerprint density at radius 2 is 1.68 bits per heavy atom. The summed E-state index contributed by atoms with van der Waals surface area (Å²) < 4.78 is 5.29. The smallest absolute Gasteiger partial charge is 0.328 e. The molecule has 0 aliphatic carbocycles. The molecule has 25 heavy (non-hydrogen) atoms. The number of aliphatic carboxylic acids is 1. The predicted molar refractivity (Wildman–Crippen MR) is 95.3 cm³/mol. The molecule has 1 aliphatic heterocycles. The second-order valence-corrected chi connectivity index (χ2v) is 5.78. The van der Waals surface area contributed by atoms with Crippen molar-refractivity contribution in [1.29, 1.82) is 0 Å². The molecular formula is C20H19NO4. The summed E-state index contributed by atoms with van der Waals surface area (Å²) in [7, 11) is 0. The lowest BCUT2D eigenvalue weighted by Crippen LogP contribution is -2.40. The van der Waals surface area contributed by atoms with E-state index in [0.29, 0.717) is 31.9 Å². The van der Waals surface area contributed by atoms with Gasteiger partial charge in [0.15, 0.2) is 0 Å². The number of hydrogen-bond donors (Lipinski definition) is 1. The topological polar surface area (TPSA) is 66.8 Å². The number of carboxylic acid groups (broad SMARTS) is 1. The van der Waals surface area contributed by atoms with Crippen LogP contribution in [-0.2, 0) is 9.53 Å². The molecule has 1 aliphatic rings. The average Bonchev–Trinajstić information content (AvgIpc) is 2.67. The zero-order valence-electron chi connectivity index (χ0n) is 13.7. The van der Waals surface area contributed by atoms with E-state index in [1.807, 2.05) is 48.5 Å². The van der Waals surface area contributed by atoms with Gasteiger partial charge in [-0.15, -0.1) is 0 Å². The fraction of sp³-hybridized carbons (Fsp3) is 0.200. The minimum atomic E-state index is -0.983. The van der Waals surface area contributed by atoms with Gasteiger partial charge in [-0.1, -0.05) is 30.3 Å². The first-order chi connectivity index (χ1) is 12.1. The van der Waals surface area contributed by atoms with Crippen molar-refractivity contribution >= 4 is 18.0 Å². The van der Waals surface area contributed by atoms with Gasteiger partial charge in [0.25, 0.3) is 5.91 Å². The first kappa shape index (κ1) is 16.9. The molecule has 0 unspecified atom stereocenters. The molecule has 0 atom stereocenters. The molecular weight excluding hydrogens is 318 g/mol. The van der Waals surface area contributed by atoms with Crippen molar-refractivity contribution in [3.8, 4) is 11.1 Å². The Morgan fingerprint density at radius 1 is 1.00 bits per heavy atom. The van der Waals surface area contributed by atoms with E-state index in [4.69, 9.17) is 9.84 Å². The summed E-state index contributed by atoms with van der Waals surface area (Å²) in [5, 5.41) is 8.74. The number of carbonyl (C=O) groups is 2. The van der Waals surface area contributed by atoms with E-state index in [1.54, 1.807) is 11.0 Å². The highest BCUT2D eigenvalue weighted by atomic mass is 16.5. The second kappa shape index (κ2) is 7.77. The van der Waals surface area contributed by atoms with Gasteiger partial charge in [-0.3, -0.25) is 4.79 Å². The van der Waals surface area contributed by atoms with Crippen LogP contribution in [-0.4, -0.2) is 48.2 Å². The van der Waals surface area contributed by atoms with Crippen molar-refractivity contribution in [3.05, 3.63) is 65.7 Å². The van der Waals surface area contributed by atoms with E-state index >= 15 is 0 Å². The van der Waals surface area contributed by atoms with Crippen molar-refractivity contribution in [2.24, 2.45) is 0 Å². The second-order valence-electron chi connectivity index (χ2n) is 5.78. The van der Waals surface area contributed by atoms with E-state index in [-0.39, 0.29) is 5.91 Å². The van der Waals surface area contributed by atoms with Crippen molar-refractivity contribution < 1.29 is 19.4 Å². The Hall–Kier alpha value is -2.92. The molecule has 1 heterocycles. The lowest BCUT2D eigenvalue weighted by molar-refractivity contribution is -0.131. The van der Waals surface area contributed by atoms with E-state index in [0.717, 1.165) is 22.8 Å². The van der Waals surface area contributed by atoms with Crippen LogP contribution in [0.25, 0.3) is 17.2 Å². The van der Waals surface area contributed by atoms with Crippen LogP contribution in [0.1, 0.15) is 15.9 Å². The van der Waals surface area contributed by atoms with Crippen molar-refractivity contribution in [1.82, 2.24) is 4.90 Å². The normalized spacial score (nSPS) is 14.6. The Labute approximate surface area is 146 Å². The van der Waals surface area contributed by atoms with Crippen molar-refractivity contribution in [2.75, 3.05) is 26.3 Å². The molecule has 5 heteroatoms. The molecule has 3 rings (SSSR count).